The van der Waals surface area contributed by atoms with E-state index in [4.69, 9.17) is 4.74 Å². The minimum atomic E-state index is -1.11. The van der Waals surface area contributed by atoms with Gasteiger partial charge in [-0.15, -0.1) is 0 Å². The molecule has 1 amide bonds. The van der Waals surface area contributed by atoms with Gasteiger partial charge in [0.05, 0.1) is 5.69 Å². The molecule has 0 atom stereocenters. The van der Waals surface area contributed by atoms with E-state index in [0.29, 0.717) is 11.4 Å². The van der Waals surface area contributed by atoms with E-state index < -0.39 is 5.60 Å². The molecule has 1 aromatic heterocycles. The third-order valence-corrected chi connectivity index (χ3v) is 4.13. The highest BCUT2D eigenvalue weighted by atomic mass is 16.5. The number of rotatable bonds is 6. The highest BCUT2D eigenvalue weighted by Crippen LogP contribution is 2.25. The third kappa shape index (κ3) is 4.98. The SMILES string of the molecule is CC(C)(Oc1ccc(/C=C/c2ccncc2)cc1)C(=O)Nc1ccccc1O. The number of carbonyl (C=O) groups excluding carboxylic acids is 1. The summed E-state index contributed by atoms with van der Waals surface area (Å²) in [6, 6.07) is 17.9. The second-order valence-electron chi connectivity index (χ2n) is 6.77. The Kier molecular flexibility index (Phi) is 5.75. The predicted molar refractivity (Wildman–Crippen MR) is 111 cm³/mol. The summed E-state index contributed by atoms with van der Waals surface area (Å²) >= 11 is 0. The number of ether oxygens (including phenoxy) is 1. The molecule has 0 saturated carbocycles. The fourth-order valence-corrected chi connectivity index (χ4v) is 2.51. The monoisotopic (exact) mass is 374 g/mol. The molecule has 28 heavy (non-hydrogen) atoms. The number of hydrogen-bond donors (Lipinski definition) is 2. The number of benzene rings is 2. The molecule has 0 saturated heterocycles. The molecular formula is C23H22N2O3. The van der Waals surface area contributed by atoms with Gasteiger partial charge in [-0.25, -0.2) is 0 Å². The van der Waals surface area contributed by atoms with Crippen LogP contribution in [0.25, 0.3) is 12.2 Å². The van der Waals surface area contributed by atoms with Gasteiger partial charge in [-0.05, 0) is 61.4 Å². The molecule has 0 aliphatic heterocycles. The number of aromatic hydroxyl groups is 1. The first kappa shape index (κ1) is 19.2. The van der Waals surface area contributed by atoms with Gasteiger partial charge in [-0.2, -0.15) is 0 Å². The molecule has 0 bridgehead atoms. The fraction of sp³-hybridized carbons (Fsp3) is 0.130. The van der Waals surface area contributed by atoms with Crippen molar-refractivity contribution in [3.8, 4) is 11.5 Å². The van der Waals surface area contributed by atoms with Gasteiger partial charge >= 0.3 is 0 Å². The van der Waals surface area contributed by atoms with E-state index in [9.17, 15) is 9.90 Å². The van der Waals surface area contributed by atoms with Gasteiger partial charge in [0.1, 0.15) is 11.5 Å². The zero-order chi connectivity index (χ0) is 20.0. The number of phenolic OH excluding ortho intramolecular Hbond substituents is 1. The zero-order valence-corrected chi connectivity index (χ0v) is 15.8. The van der Waals surface area contributed by atoms with E-state index in [1.165, 1.54) is 6.07 Å². The molecule has 0 aliphatic carbocycles. The number of anilines is 1. The van der Waals surface area contributed by atoms with Crippen molar-refractivity contribution in [2.24, 2.45) is 0 Å². The summed E-state index contributed by atoms with van der Waals surface area (Å²) in [5.41, 5.74) is 1.31. The molecule has 5 nitrogen and oxygen atoms in total. The number of nitrogens with one attached hydrogen (secondary N) is 1. The van der Waals surface area contributed by atoms with Crippen LogP contribution >= 0.6 is 0 Å². The van der Waals surface area contributed by atoms with E-state index >= 15 is 0 Å². The summed E-state index contributed by atoms with van der Waals surface area (Å²) in [6.07, 6.45) is 7.49. The van der Waals surface area contributed by atoms with Crippen molar-refractivity contribution in [3.63, 3.8) is 0 Å². The van der Waals surface area contributed by atoms with Gasteiger partial charge in [0.15, 0.2) is 5.60 Å². The summed E-state index contributed by atoms with van der Waals surface area (Å²) in [5, 5.41) is 12.5. The Bertz CT molecular complexity index is 965. The number of amides is 1. The van der Waals surface area contributed by atoms with Crippen LogP contribution in [-0.4, -0.2) is 21.6 Å². The van der Waals surface area contributed by atoms with Crippen LogP contribution < -0.4 is 10.1 Å². The second-order valence-corrected chi connectivity index (χ2v) is 6.77. The van der Waals surface area contributed by atoms with E-state index in [-0.39, 0.29) is 11.7 Å². The van der Waals surface area contributed by atoms with E-state index in [2.05, 4.69) is 10.3 Å². The van der Waals surface area contributed by atoms with Crippen molar-refractivity contribution in [1.29, 1.82) is 0 Å². The van der Waals surface area contributed by atoms with Crippen LogP contribution in [0.2, 0.25) is 0 Å². The average molecular weight is 374 g/mol. The molecule has 0 aliphatic rings. The number of pyridine rings is 1. The lowest BCUT2D eigenvalue weighted by atomic mass is 10.1. The Morgan fingerprint density at radius 2 is 1.57 bits per heavy atom. The standard InChI is InChI=1S/C23H22N2O3/c1-23(2,22(27)25-20-5-3-4-6-21(20)26)28-19-11-9-17(10-12-19)7-8-18-13-15-24-16-14-18/h3-16,26H,1-2H3,(H,25,27)/b8-7+. The van der Waals surface area contributed by atoms with Crippen molar-refractivity contribution in [2.45, 2.75) is 19.4 Å². The number of hydrogen-bond acceptors (Lipinski definition) is 4. The molecule has 1 heterocycles. The van der Waals surface area contributed by atoms with Crippen LogP contribution in [0, 0.1) is 0 Å². The van der Waals surface area contributed by atoms with Gasteiger partial charge in [0.25, 0.3) is 5.91 Å². The Balaban J connectivity index is 1.64. The summed E-state index contributed by atoms with van der Waals surface area (Å²) in [7, 11) is 0. The molecule has 0 unspecified atom stereocenters. The van der Waals surface area contributed by atoms with Crippen molar-refractivity contribution in [1.82, 2.24) is 4.98 Å². The van der Waals surface area contributed by atoms with E-state index in [1.807, 2.05) is 48.6 Å². The molecule has 0 spiro atoms. The van der Waals surface area contributed by atoms with Crippen LogP contribution in [0.15, 0.2) is 73.1 Å². The number of carbonyl (C=O) groups is 1. The van der Waals surface area contributed by atoms with Crippen LogP contribution in [0.5, 0.6) is 11.5 Å². The maximum Gasteiger partial charge on any atom is 0.268 e. The Morgan fingerprint density at radius 3 is 2.21 bits per heavy atom. The van der Waals surface area contributed by atoms with Gasteiger partial charge in [0.2, 0.25) is 0 Å². The molecule has 0 radical (unpaired) electrons. The minimum absolute atomic E-state index is 0.0111. The van der Waals surface area contributed by atoms with Crippen molar-refractivity contribution < 1.29 is 14.6 Å². The van der Waals surface area contributed by atoms with Crippen molar-refractivity contribution >= 4 is 23.7 Å². The Labute approximate surface area is 164 Å². The molecule has 3 rings (SSSR count). The molecule has 0 fully saturated rings. The molecular weight excluding hydrogens is 352 g/mol. The maximum absolute atomic E-state index is 12.6. The van der Waals surface area contributed by atoms with Gasteiger partial charge in [-0.1, -0.05) is 36.4 Å². The lowest BCUT2D eigenvalue weighted by molar-refractivity contribution is -0.128. The van der Waals surface area contributed by atoms with Gasteiger partial charge in [-0.3, -0.25) is 9.78 Å². The summed E-state index contributed by atoms with van der Waals surface area (Å²) in [4.78, 5) is 16.5. The van der Waals surface area contributed by atoms with Gasteiger partial charge < -0.3 is 15.2 Å². The fourth-order valence-electron chi connectivity index (χ4n) is 2.51. The number of phenols is 1. The van der Waals surface area contributed by atoms with Crippen LogP contribution in [-0.2, 0) is 4.79 Å². The lowest BCUT2D eigenvalue weighted by Gasteiger charge is -2.25. The third-order valence-electron chi connectivity index (χ3n) is 4.13. The van der Waals surface area contributed by atoms with Gasteiger partial charge in [0, 0.05) is 12.4 Å². The predicted octanol–water partition coefficient (Wildman–Crippen LogP) is 4.75. The first-order chi connectivity index (χ1) is 13.4. The summed E-state index contributed by atoms with van der Waals surface area (Å²) in [5.74, 6) is 0.242. The molecule has 142 valence electrons. The molecule has 2 N–H and O–H groups in total. The first-order valence-electron chi connectivity index (χ1n) is 8.91. The highest BCUT2D eigenvalue weighted by molar-refractivity contribution is 5.98. The maximum atomic E-state index is 12.6. The Hall–Kier alpha value is -3.60. The summed E-state index contributed by atoms with van der Waals surface area (Å²) < 4.78 is 5.87. The van der Waals surface area contributed by atoms with Crippen LogP contribution in [0.4, 0.5) is 5.69 Å². The Morgan fingerprint density at radius 1 is 0.964 bits per heavy atom. The second kappa shape index (κ2) is 8.39. The largest absolute Gasteiger partial charge is 0.506 e. The molecule has 2 aromatic carbocycles. The normalized spacial score (nSPS) is 11.4. The van der Waals surface area contributed by atoms with Crippen LogP contribution in [0.1, 0.15) is 25.0 Å². The number of nitrogens with zero attached hydrogens (tertiary/aromatic N) is 1. The summed E-state index contributed by atoms with van der Waals surface area (Å²) in [6.45, 7) is 3.36. The van der Waals surface area contributed by atoms with E-state index in [1.54, 1.807) is 44.4 Å². The molecule has 5 heteroatoms. The minimum Gasteiger partial charge on any atom is -0.506 e. The van der Waals surface area contributed by atoms with Crippen LogP contribution in [0.3, 0.4) is 0 Å². The lowest BCUT2D eigenvalue weighted by Crippen LogP contribution is -2.42. The average Bonchev–Trinajstić information content (AvgIpc) is 2.70. The van der Waals surface area contributed by atoms with Crippen molar-refractivity contribution in [3.05, 3.63) is 84.2 Å². The van der Waals surface area contributed by atoms with Crippen molar-refractivity contribution in [2.75, 3.05) is 5.32 Å². The number of para-hydroxylation sites is 2. The highest BCUT2D eigenvalue weighted by Gasteiger charge is 2.30. The zero-order valence-electron chi connectivity index (χ0n) is 15.8. The van der Waals surface area contributed by atoms with E-state index in [0.717, 1.165) is 11.1 Å². The topological polar surface area (TPSA) is 71.5 Å². The molecule has 3 aromatic rings. The smallest absolute Gasteiger partial charge is 0.268 e. The first-order valence-corrected chi connectivity index (χ1v) is 8.91. The quantitative estimate of drug-likeness (QED) is 0.611. The number of aromatic nitrogens is 1.